The van der Waals surface area contributed by atoms with Crippen molar-refractivity contribution in [2.45, 2.75) is 5.92 Å². The van der Waals surface area contributed by atoms with Crippen LogP contribution in [0.25, 0.3) is 0 Å². The molecular formula is C18H15ClN2O4. The summed E-state index contributed by atoms with van der Waals surface area (Å²) in [7, 11) is 3.03. The number of phenols is 1. The molecule has 1 aliphatic rings. The number of halogens is 1. The van der Waals surface area contributed by atoms with Gasteiger partial charge in [0.1, 0.15) is 23.1 Å². The zero-order valence-corrected chi connectivity index (χ0v) is 14.3. The van der Waals surface area contributed by atoms with E-state index in [0.717, 1.165) is 0 Å². The molecule has 2 aromatic carbocycles. The van der Waals surface area contributed by atoms with Gasteiger partial charge in [-0.1, -0.05) is 17.7 Å². The van der Waals surface area contributed by atoms with Crippen molar-refractivity contribution in [1.82, 2.24) is 0 Å². The second-order valence-electron chi connectivity index (χ2n) is 5.38. The number of hydrogen-bond donors (Lipinski definition) is 2. The summed E-state index contributed by atoms with van der Waals surface area (Å²) in [6.07, 6.45) is 0. The molecule has 0 aliphatic carbocycles. The lowest BCUT2D eigenvalue weighted by Gasteiger charge is -2.27. The molecule has 0 saturated heterocycles. The van der Waals surface area contributed by atoms with Crippen molar-refractivity contribution >= 4 is 11.6 Å². The van der Waals surface area contributed by atoms with Crippen LogP contribution in [0.15, 0.2) is 41.8 Å². The number of nitriles is 1. The number of methoxy groups -OCH3 is 2. The first-order valence-corrected chi connectivity index (χ1v) is 7.69. The van der Waals surface area contributed by atoms with Crippen LogP contribution in [0.5, 0.6) is 23.0 Å². The van der Waals surface area contributed by atoms with Crippen molar-refractivity contribution in [3.8, 4) is 29.1 Å². The molecule has 0 amide bonds. The number of aromatic hydroxyl groups is 1. The average molecular weight is 359 g/mol. The molecule has 2 aromatic rings. The van der Waals surface area contributed by atoms with Crippen molar-refractivity contribution in [1.29, 1.82) is 5.26 Å². The van der Waals surface area contributed by atoms with Gasteiger partial charge in [0.25, 0.3) is 0 Å². The van der Waals surface area contributed by atoms with Gasteiger partial charge in [-0.05, 0) is 17.7 Å². The minimum absolute atomic E-state index is 0.0311. The highest BCUT2D eigenvalue weighted by Gasteiger charge is 2.33. The van der Waals surface area contributed by atoms with Crippen molar-refractivity contribution in [3.05, 3.63) is 57.9 Å². The Labute approximate surface area is 149 Å². The topological polar surface area (TPSA) is 97.7 Å². The molecule has 1 aliphatic heterocycles. The van der Waals surface area contributed by atoms with E-state index in [2.05, 4.69) is 6.07 Å². The van der Waals surface area contributed by atoms with Crippen LogP contribution < -0.4 is 19.9 Å². The first-order chi connectivity index (χ1) is 12.0. The van der Waals surface area contributed by atoms with Crippen LogP contribution in [0.2, 0.25) is 5.02 Å². The van der Waals surface area contributed by atoms with Crippen molar-refractivity contribution < 1.29 is 19.3 Å². The van der Waals surface area contributed by atoms with Gasteiger partial charge in [0, 0.05) is 22.7 Å². The molecule has 1 atom stereocenters. The van der Waals surface area contributed by atoms with Gasteiger partial charge < -0.3 is 25.1 Å². The average Bonchev–Trinajstić information content (AvgIpc) is 2.60. The van der Waals surface area contributed by atoms with Crippen molar-refractivity contribution in [3.63, 3.8) is 0 Å². The number of hydrogen-bond acceptors (Lipinski definition) is 6. The molecular weight excluding hydrogens is 344 g/mol. The summed E-state index contributed by atoms with van der Waals surface area (Å²) in [5.41, 5.74) is 7.43. The van der Waals surface area contributed by atoms with Gasteiger partial charge in [-0.3, -0.25) is 0 Å². The molecule has 0 spiro atoms. The highest BCUT2D eigenvalue weighted by molar-refractivity contribution is 6.31. The Kier molecular flexibility index (Phi) is 4.34. The van der Waals surface area contributed by atoms with Crippen LogP contribution >= 0.6 is 11.6 Å². The normalized spacial score (nSPS) is 15.8. The minimum Gasteiger partial charge on any atom is -0.508 e. The van der Waals surface area contributed by atoms with Gasteiger partial charge in [0.05, 0.1) is 20.1 Å². The van der Waals surface area contributed by atoms with E-state index in [0.29, 0.717) is 33.4 Å². The number of nitrogens with zero attached hydrogens (tertiary/aromatic N) is 1. The predicted molar refractivity (Wildman–Crippen MR) is 92.0 cm³/mol. The summed E-state index contributed by atoms with van der Waals surface area (Å²) in [4.78, 5) is 0. The Morgan fingerprint density at radius 1 is 1.16 bits per heavy atom. The summed E-state index contributed by atoms with van der Waals surface area (Å²) >= 11 is 6.44. The predicted octanol–water partition coefficient (Wildman–Crippen LogP) is 3.28. The van der Waals surface area contributed by atoms with Crippen LogP contribution in [0.3, 0.4) is 0 Å². The standard InChI is InChI=1S/C18H15ClN2O4/c1-23-15-6-11(13(19)7-16(15)24-2)17-10-4-3-9(22)5-14(10)25-18(21)12(17)8-20/h3-7,17,22H,21H2,1-2H3. The quantitative estimate of drug-likeness (QED) is 0.873. The van der Waals surface area contributed by atoms with Crippen LogP contribution in [0, 0.1) is 11.3 Å². The molecule has 1 unspecified atom stereocenters. The SMILES string of the molecule is COc1cc(Cl)c(C2C(C#N)=C(N)Oc3cc(O)ccc32)cc1OC. The molecule has 0 saturated carbocycles. The summed E-state index contributed by atoms with van der Waals surface area (Å²) in [6.45, 7) is 0. The third-order valence-electron chi connectivity index (χ3n) is 4.02. The molecule has 7 heteroatoms. The monoisotopic (exact) mass is 358 g/mol. The van der Waals surface area contributed by atoms with E-state index in [1.807, 2.05) is 0 Å². The maximum Gasteiger partial charge on any atom is 0.205 e. The van der Waals surface area contributed by atoms with E-state index in [1.54, 1.807) is 18.2 Å². The lowest BCUT2D eigenvalue weighted by Crippen LogP contribution is -2.21. The van der Waals surface area contributed by atoms with E-state index in [9.17, 15) is 10.4 Å². The third kappa shape index (κ3) is 2.79. The van der Waals surface area contributed by atoms with Gasteiger partial charge in [-0.2, -0.15) is 5.26 Å². The fourth-order valence-corrected chi connectivity index (χ4v) is 3.12. The van der Waals surface area contributed by atoms with E-state index in [1.165, 1.54) is 26.4 Å². The zero-order valence-electron chi connectivity index (χ0n) is 13.5. The molecule has 0 bridgehead atoms. The smallest absolute Gasteiger partial charge is 0.205 e. The van der Waals surface area contributed by atoms with Crippen LogP contribution in [-0.2, 0) is 0 Å². The number of allylic oxidation sites excluding steroid dienone is 1. The summed E-state index contributed by atoms with van der Waals surface area (Å²) in [6, 6.07) is 10.0. The van der Waals surface area contributed by atoms with Gasteiger partial charge in [-0.15, -0.1) is 0 Å². The Morgan fingerprint density at radius 2 is 1.84 bits per heavy atom. The highest BCUT2D eigenvalue weighted by Crippen LogP contribution is 2.47. The summed E-state index contributed by atoms with van der Waals surface area (Å²) < 4.78 is 16.1. The van der Waals surface area contributed by atoms with Crippen molar-refractivity contribution in [2.24, 2.45) is 5.73 Å². The minimum atomic E-state index is -0.554. The fourth-order valence-electron chi connectivity index (χ4n) is 2.85. The Balaban J connectivity index is 2.27. The van der Waals surface area contributed by atoms with Gasteiger partial charge in [0.2, 0.25) is 5.88 Å². The lowest BCUT2D eigenvalue weighted by molar-refractivity contribution is 0.354. The zero-order chi connectivity index (χ0) is 18.1. The number of ether oxygens (including phenoxy) is 3. The first-order valence-electron chi connectivity index (χ1n) is 7.32. The molecule has 1 heterocycles. The highest BCUT2D eigenvalue weighted by atomic mass is 35.5. The molecule has 0 radical (unpaired) electrons. The van der Waals surface area contributed by atoms with Gasteiger partial charge >= 0.3 is 0 Å². The lowest BCUT2D eigenvalue weighted by atomic mass is 9.83. The molecule has 0 aromatic heterocycles. The summed E-state index contributed by atoms with van der Waals surface area (Å²) in [5.74, 6) is 0.767. The van der Waals surface area contributed by atoms with E-state index in [4.69, 9.17) is 31.5 Å². The van der Waals surface area contributed by atoms with Gasteiger partial charge in [-0.25, -0.2) is 0 Å². The maximum atomic E-state index is 9.70. The Bertz CT molecular complexity index is 918. The van der Waals surface area contributed by atoms with E-state index in [-0.39, 0.29) is 17.2 Å². The second kappa shape index (κ2) is 6.46. The molecule has 3 rings (SSSR count). The summed E-state index contributed by atoms with van der Waals surface area (Å²) in [5, 5.41) is 19.7. The number of nitrogens with two attached hydrogens (primary N) is 1. The molecule has 6 nitrogen and oxygen atoms in total. The Morgan fingerprint density at radius 3 is 2.48 bits per heavy atom. The molecule has 0 fully saturated rings. The van der Waals surface area contributed by atoms with E-state index >= 15 is 0 Å². The van der Waals surface area contributed by atoms with Gasteiger partial charge in [0.15, 0.2) is 11.5 Å². The Hall–Kier alpha value is -3.04. The van der Waals surface area contributed by atoms with Crippen LogP contribution in [-0.4, -0.2) is 19.3 Å². The maximum absolute atomic E-state index is 9.70. The first kappa shape index (κ1) is 16.8. The van der Waals surface area contributed by atoms with Crippen LogP contribution in [0.4, 0.5) is 0 Å². The number of benzene rings is 2. The largest absolute Gasteiger partial charge is 0.508 e. The fraction of sp³-hybridized carbons (Fsp3) is 0.167. The third-order valence-corrected chi connectivity index (χ3v) is 4.34. The number of phenolic OH excluding ortho intramolecular Hbond substituents is 1. The molecule has 3 N–H and O–H groups in total. The number of fused-ring (bicyclic) bond motifs is 1. The van der Waals surface area contributed by atoms with Crippen LogP contribution in [0.1, 0.15) is 17.0 Å². The van der Waals surface area contributed by atoms with E-state index < -0.39 is 5.92 Å². The van der Waals surface area contributed by atoms with Crippen molar-refractivity contribution in [2.75, 3.05) is 14.2 Å². The molecule has 25 heavy (non-hydrogen) atoms. The second-order valence-corrected chi connectivity index (χ2v) is 5.78. The number of rotatable bonds is 3. The molecule has 128 valence electrons.